The number of hydrogen-bond donors (Lipinski definition) is 0. The van der Waals surface area contributed by atoms with Crippen molar-refractivity contribution in [1.29, 1.82) is 0 Å². The van der Waals surface area contributed by atoms with E-state index < -0.39 is 0 Å². The lowest BCUT2D eigenvalue weighted by Crippen LogP contribution is -1.94. The second-order valence-corrected chi connectivity index (χ2v) is 10.8. The van der Waals surface area contributed by atoms with E-state index in [1.165, 1.54) is 47.2 Å². The number of nitrogens with zero attached hydrogens (tertiary/aromatic N) is 1. The van der Waals surface area contributed by atoms with Crippen molar-refractivity contribution < 1.29 is 4.42 Å². The molecule has 172 valence electrons. The molecule has 2 nitrogen and oxygen atoms in total. The predicted molar refractivity (Wildman–Crippen MR) is 158 cm³/mol. The molecule has 6 aromatic carbocycles. The zero-order valence-corrected chi connectivity index (χ0v) is 20.5. The van der Waals surface area contributed by atoms with E-state index in [1.807, 2.05) is 17.4 Å². The van der Waals surface area contributed by atoms with Crippen LogP contribution >= 0.6 is 11.3 Å². The van der Waals surface area contributed by atoms with E-state index in [4.69, 9.17) is 4.42 Å². The van der Waals surface area contributed by atoms with Gasteiger partial charge < -0.3 is 8.98 Å². The quantitative estimate of drug-likeness (QED) is 0.224. The topological polar surface area (TPSA) is 18.1 Å². The summed E-state index contributed by atoms with van der Waals surface area (Å²) in [6.45, 7) is 0. The van der Waals surface area contributed by atoms with Crippen LogP contribution in [0.5, 0.6) is 0 Å². The summed E-state index contributed by atoms with van der Waals surface area (Å²) in [5, 5.41) is 9.91. The summed E-state index contributed by atoms with van der Waals surface area (Å²) >= 11 is 1.85. The molecule has 3 heterocycles. The van der Waals surface area contributed by atoms with Crippen LogP contribution in [0.25, 0.3) is 80.4 Å². The Balaban J connectivity index is 1.52. The minimum Gasteiger partial charge on any atom is -0.454 e. The summed E-state index contributed by atoms with van der Waals surface area (Å²) in [6.07, 6.45) is 0. The van der Waals surface area contributed by atoms with Gasteiger partial charge in [0.2, 0.25) is 0 Å². The van der Waals surface area contributed by atoms with Crippen LogP contribution in [0.1, 0.15) is 0 Å². The summed E-state index contributed by atoms with van der Waals surface area (Å²) in [7, 11) is 0. The van der Waals surface area contributed by atoms with Crippen LogP contribution in [0.15, 0.2) is 120 Å². The lowest BCUT2D eigenvalue weighted by atomic mass is 10.0. The molecule has 0 saturated carbocycles. The van der Waals surface area contributed by atoms with Gasteiger partial charge in [0.25, 0.3) is 0 Å². The first kappa shape index (κ1) is 19.6. The van der Waals surface area contributed by atoms with Crippen LogP contribution in [0.4, 0.5) is 0 Å². The van der Waals surface area contributed by atoms with Gasteiger partial charge in [0.05, 0.1) is 11.0 Å². The van der Waals surface area contributed by atoms with Crippen molar-refractivity contribution >= 4 is 86.0 Å². The normalized spacial score (nSPS) is 12.3. The lowest BCUT2D eigenvalue weighted by molar-refractivity contribution is 0.671. The number of hydrogen-bond acceptors (Lipinski definition) is 2. The average molecular weight is 490 g/mol. The molecule has 0 aliphatic heterocycles. The van der Waals surface area contributed by atoms with Crippen LogP contribution in [-0.4, -0.2) is 4.57 Å². The number of furan rings is 1. The molecule has 0 N–H and O–H groups in total. The van der Waals surface area contributed by atoms with Crippen molar-refractivity contribution in [2.45, 2.75) is 0 Å². The van der Waals surface area contributed by atoms with Gasteiger partial charge in [0.1, 0.15) is 5.58 Å². The first-order valence-corrected chi connectivity index (χ1v) is 13.3. The van der Waals surface area contributed by atoms with Gasteiger partial charge in [-0.05, 0) is 53.2 Å². The molecule has 0 aliphatic rings. The van der Waals surface area contributed by atoms with Crippen LogP contribution in [0, 0.1) is 0 Å². The number of benzene rings is 6. The molecule has 0 bridgehead atoms. The molecule has 0 atom stereocenters. The van der Waals surface area contributed by atoms with Crippen molar-refractivity contribution in [1.82, 2.24) is 4.57 Å². The number of aromatic nitrogens is 1. The van der Waals surface area contributed by atoms with E-state index in [0.717, 1.165) is 33.1 Å². The van der Waals surface area contributed by atoms with Gasteiger partial charge >= 0.3 is 0 Å². The molecule has 0 spiro atoms. The van der Waals surface area contributed by atoms with Crippen LogP contribution < -0.4 is 0 Å². The van der Waals surface area contributed by atoms with Crippen molar-refractivity contribution in [2.24, 2.45) is 0 Å². The summed E-state index contributed by atoms with van der Waals surface area (Å²) in [6, 6.07) is 41.6. The molecular weight excluding hydrogens is 470 g/mol. The standard InChI is InChI=1S/C34H19NOS/c1-2-8-22-20(7-1)13-17-28-32(22)26-16-15-25-23-9-3-5-11-29(23)36-34(25)33(26)35(28)21-14-18-31-27(19-21)24-10-4-6-12-30(24)37-31/h1-19H. The average Bonchev–Trinajstić information content (AvgIpc) is 3.62. The molecule has 0 unspecified atom stereocenters. The molecule has 0 aliphatic carbocycles. The van der Waals surface area contributed by atoms with E-state index in [0.29, 0.717) is 0 Å². The largest absolute Gasteiger partial charge is 0.454 e. The Kier molecular flexibility index (Phi) is 3.70. The number of thiophene rings is 1. The minimum atomic E-state index is 0.922. The smallest absolute Gasteiger partial charge is 0.160 e. The van der Waals surface area contributed by atoms with E-state index in [1.54, 1.807) is 0 Å². The van der Waals surface area contributed by atoms with Gasteiger partial charge in [-0.25, -0.2) is 0 Å². The third kappa shape index (κ3) is 2.54. The molecule has 3 aromatic heterocycles. The second-order valence-electron chi connectivity index (χ2n) is 9.73. The number of rotatable bonds is 1. The summed E-state index contributed by atoms with van der Waals surface area (Å²) in [5.74, 6) is 0. The van der Waals surface area contributed by atoms with E-state index >= 15 is 0 Å². The van der Waals surface area contributed by atoms with Gasteiger partial charge in [-0.2, -0.15) is 0 Å². The van der Waals surface area contributed by atoms with Crippen molar-refractivity contribution in [2.75, 3.05) is 0 Å². The second kappa shape index (κ2) is 7.00. The van der Waals surface area contributed by atoms with Gasteiger partial charge in [-0.15, -0.1) is 11.3 Å². The van der Waals surface area contributed by atoms with Crippen LogP contribution in [0.2, 0.25) is 0 Å². The third-order valence-electron chi connectivity index (χ3n) is 7.78. The Morgan fingerprint density at radius 3 is 2.24 bits per heavy atom. The Hall–Kier alpha value is -4.60. The number of fused-ring (bicyclic) bond motifs is 12. The SMILES string of the molecule is c1ccc2c(c1)ccc1c2c2ccc3c4ccccc4oc3c2n1-c1ccc2sc3ccccc3c2c1. The van der Waals surface area contributed by atoms with Gasteiger partial charge in [-0.3, -0.25) is 0 Å². The van der Waals surface area contributed by atoms with Gasteiger partial charge in [0.15, 0.2) is 5.58 Å². The fraction of sp³-hybridized carbons (Fsp3) is 0. The zero-order valence-electron chi connectivity index (χ0n) is 19.7. The maximum absolute atomic E-state index is 6.59. The molecule has 9 rings (SSSR count). The third-order valence-corrected chi connectivity index (χ3v) is 8.93. The predicted octanol–water partition coefficient (Wildman–Crippen LogP) is 10.2. The molecule has 37 heavy (non-hydrogen) atoms. The molecule has 0 fully saturated rings. The molecule has 0 amide bonds. The molecular formula is C34H19NOS. The highest BCUT2D eigenvalue weighted by Gasteiger charge is 2.20. The minimum absolute atomic E-state index is 0.922. The van der Waals surface area contributed by atoms with Crippen LogP contribution in [-0.2, 0) is 0 Å². The highest BCUT2D eigenvalue weighted by atomic mass is 32.1. The van der Waals surface area contributed by atoms with Crippen molar-refractivity contribution in [3.8, 4) is 5.69 Å². The van der Waals surface area contributed by atoms with E-state index in [9.17, 15) is 0 Å². The fourth-order valence-electron chi connectivity index (χ4n) is 6.17. The molecule has 0 saturated heterocycles. The van der Waals surface area contributed by atoms with E-state index in [-0.39, 0.29) is 0 Å². The Morgan fingerprint density at radius 2 is 1.30 bits per heavy atom. The summed E-state index contributed by atoms with van der Waals surface area (Å²) in [4.78, 5) is 0. The summed E-state index contributed by atoms with van der Waals surface area (Å²) < 4.78 is 11.6. The molecule has 0 radical (unpaired) electrons. The highest BCUT2D eigenvalue weighted by Crippen LogP contribution is 2.43. The Labute approximate surface area is 215 Å². The Morgan fingerprint density at radius 1 is 0.541 bits per heavy atom. The fourth-order valence-corrected chi connectivity index (χ4v) is 7.26. The van der Waals surface area contributed by atoms with Gasteiger partial charge in [-0.1, -0.05) is 72.8 Å². The first-order valence-electron chi connectivity index (χ1n) is 12.5. The first-order chi connectivity index (χ1) is 18.3. The van der Waals surface area contributed by atoms with Crippen molar-refractivity contribution in [3.63, 3.8) is 0 Å². The maximum Gasteiger partial charge on any atom is 0.160 e. The Bertz CT molecular complexity index is 2370. The van der Waals surface area contributed by atoms with Crippen LogP contribution in [0.3, 0.4) is 0 Å². The maximum atomic E-state index is 6.59. The van der Waals surface area contributed by atoms with Crippen molar-refractivity contribution in [3.05, 3.63) is 115 Å². The zero-order chi connectivity index (χ0) is 24.1. The number of para-hydroxylation sites is 1. The summed E-state index contributed by atoms with van der Waals surface area (Å²) in [5.41, 5.74) is 5.33. The highest BCUT2D eigenvalue weighted by molar-refractivity contribution is 7.25. The molecule has 3 heteroatoms. The van der Waals surface area contributed by atoms with E-state index in [2.05, 4.69) is 114 Å². The molecule has 9 aromatic rings. The lowest BCUT2D eigenvalue weighted by Gasteiger charge is -2.09. The monoisotopic (exact) mass is 489 g/mol. The van der Waals surface area contributed by atoms with Gasteiger partial charge in [0, 0.05) is 47.4 Å².